The van der Waals surface area contributed by atoms with E-state index in [0.717, 1.165) is 13.1 Å². The van der Waals surface area contributed by atoms with Gasteiger partial charge >= 0.3 is 0 Å². The largest absolute Gasteiger partial charge is 0.468 e. The van der Waals surface area contributed by atoms with E-state index in [1.54, 1.807) is 29.2 Å². The summed E-state index contributed by atoms with van der Waals surface area (Å²) in [4.78, 5) is 14.2. The molecule has 2 aromatic rings. The summed E-state index contributed by atoms with van der Waals surface area (Å²) in [6, 6.07) is 9.37. The van der Waals surface area contributed by atoms with E-state index < -0.39 is 10.0 Å². The molecule has 7 nitrogen and oxygen atoms in total. The lowest BCUT2D eigenvalue weighted by Crippen LogP contribution is -2.46. The van der Waals surface area contributed by atoms with Gasteiger partial charge in [-0.05, 0) is 36.4 Å². The van der Waals surface area contributed by atoms with E-state index in [2.05, 4.69) is 10.0 Å². The molecule has 1 saturated heterocycles. The maximum atomic E-state index is 12.4. The first kappa shape index (κ1) is 16.7. The molecule has 128 valence electrons. The van der Waals surface area contributed by atoms with Crippen molar-refractivity contribution in [2.45, 2.75) is 11.4 Å². The number of hydrogen-bond acceptors (Lipinski definition) is 5. The summed E-state index contributed by atoms with van der Waals surface area (Å²) in [5.74, 6) is 0.452. The molecule has 0 bridgehead atoms. The van der Waals surface area contributed by atoms with Crippen molar-refractivity contribution in [1.29, 1.82) is 0 Å². The SMILES string of the molecule is O=C(c1ccc(S(=O)(=O)NCc2ccco2)cc1)N1CCNCC1. The Morgan fingerprint density at radius 3 is 2.50 bits per heavy atom. The van der Waals surface area contributed by atoms with Crippen LogP contribution in [0.2, 0.25) is 0 Å². The van der Waals surface area contributed by atoms with Crippen LogP contribution in [0.5, 0.6) is 0 Å². The molecular weight excluding hydrogens is 330 g/mol. The molecule has 0 radical (unpaired) electrons. The van der Waals surface area contributed by atoms with Gasteiger partial charge in [-0.25, -0.2) is 13.1 Å². The molecule has 0 atom stereocenters. The van der Waals surface area contributed by atoms with Crippen LogP contribution in [-0.2, 0) is 16.6 Å². The second kappa shape index (κ2) is 7.16. The quantitative estimate of drug-likeness (QED) is 0.833. The van der Waals surface area contributed by atoms with Crippen LogP contribution in [0.25, 0.3) is 0 Å². The fourth-order valence-electron chi connectivity index (χ4n) is 2.49. The zero-order chi connectivity index (χ0) is 17.0. The Kier molecular flexibility index (Phi) is 4.98. The number of benzene rings is 1. The third kappa shape index (κ3) is 3.84. The standard InChI is InChI=1S/C16H19N3O4S/c20-16(19-9-7-17-8-10-19)13-3-5-15(6-4-13)24(21,22)18-12-14-2-1-11-23-14/h1-6,11,17-18H,7-10,12H2. The van der Waals surface area contributed by atoms with Gasteiger partial charge in [0, 0.05) is 31.7 Å². The summed E-state index contributed by atoms with van der Waals surface area (Å²) >= 11 is 0. The monoisotopic (exact) mass is 349 g/mol. The molecule has 1 aliphatic rings. The van der Waals surface area contributed by atoms with Crippen molar-refractivity contribution >= 4 is 15.9 Å². The van der Waals surface area contributed by atoms with E-state index in [0.29, 0.717) is 24.4 Å². The number of rotatable bonds is 5. The van der Waals surface area contributed by atoms with Crippen LogP contribution in [0.15, 0.2) is 52.0 Å². The fourth-order valence-corrected chi connectivity index (χ4v) is 3.48. The third-order valence-corrected chi connectivity index (χ3v) is 5.25. The number of carbonyl (C=O) groups excluding carboxylic acids is 1. The van der Waals surface area contributed by atoms with Crippen molar-refractivity contribution in [3.05, 3.63) is 54.0 Å². The fraction of sp³-hybridized carbons (Fsp3) is 0.312. The average molecular weight is 349 g/mol. The highest BCUT2D eigenvalue weighted by molar-refractivity contribution is 7.89. The van der Waals surface area contributed by atoms with E-state index >= 15 is 0 Å². The van der Waals surface area contributed by atoms with Crippen LogP contribution in [0, 0.1) is 0 Å². The van der Waals surface area contributed by atoms with Gasteiger partial charge < -0.3 is 14.6 Å². The molecule has 2 heterocycles. The van der Waals surface area contributed by atoms with Crippen LogP contribution in [-0.4, -0.2) is 45.4 Å². The highest BCUT2D eigenvalue weighted by Gasteiger charge is 2.19. The lowest BCUT2D eigenvalue weighted by Gasteiger charge is -2.27. The minimum atomic E-state index is -3.65. The summed E-state index contributed by atoms with van der Waals surface area (Å²) in [6.07, 6.45) is 1.49. The highest BCUT2D eigenvalue weighted by Crippen LogP contribution is 2.13. The lowest BCUT2D eigenvalue weighted by atomic mass is 10.2. The second-order valence-electron chi connectivity index (χ2n) is 5.47. The third-order valence-electron chi connectivity index (χ3n) is 3.83. The molecule has 24 heavy (non-hydrogen) atoms. The Morgan fingerprint density at radius 1 is 1.17 bits per heavy atom. The molecule has 1 aromatic carbocycles. The van der Waals surface area contributed by atoms with E-state index in [9.17, 15) is 13.2 Å². The zero-order valence-electron chi connectivity index (χ0n) is 13.1. The predicted octanol–water partition coefficient (Wildman–Crippen LogP) is 0.803. The predicted molar refractivity (Wildman–Crippen MR) is 87.9 cm³/mol. The number of nitrogens with zero attached hydrogens (tertiary/aromatic N) is 1. The molecule has 0 saturated carbocycles. The highest BCUT2D eigenvalue weighted by atomic mass is 32.2. The summed E-state index contributed by atoms with van der Waals surface area (Å²) in [7, 11) is -3.65. The molecule has 8 heteroatoms. The molecule has 1 aromatic heterocycles. The van der Waals surface area contributed by atoms with Crippen molar-refractivity contribution in [2.75, 3.05) is 26.2 Å². The molecule has 3 rings (SSSR count). The summed E-state index contributed by atoms with van der Waals surface area (Å²) in [6.45, 7) is 2.94. The van der Waals surface area contributed by atoms with Gasteiger partial charge in [0.15, 0.2) is 0 Å². The van der Waals surface area contributed by atoms with Gasteiger partial charge in [0.1, 0.15) is 5.76 Å². The Hall–Kier alpha value is -2.16. The van der Waals surface area contributed by atoms with Crippen LogP contribution in [0.4, 0.5) is 0 Å². The van der Waals surface area contributed by atoms with Crippen molar-refractivity contribution in [3.63, 3.8) is 0 Å². The molecule has 2 N–H and O–H groups in total. The number of piperazine rings is 1. The zero-order valence-corrected chi connectivity index (χ0v) is 13.9. The van der Waals surface area contributed by atoms with E-state index in [4.69, 9.17) is 4.42 Å². The van der Waals surface area contributed by atoms with Gasteiger partial charge in [-0.15, -0.1) is 0 Å². The minimum Gasteiger partial charge on any atom is -0.468 e. The first-order valence-corrected chi connectivity index (χ1v) is 9.17. The number of nitrogens with one attached hydrogen (secondary N) is 2. The number of carbonyl (C=O) groups is 1. The molecular formula is C16H19N3O4S. The van der Waals surface area contributed by atoms with Gasteiger partial charge in [0.2, 0.25) is 10.0 Å². The molecule has 1 fully saturated rings. The van der Waals surface area contributed by atoms with E-state index in [1.807, 2.05) is 0 Å². The van der Waals surface area contributed by atoms with Gasteiger partial charge in [-0.1, -0.05) is 0 Å². The first-order valence-electron chi connectivity index (χ1n) is 7.68. The Bertz CT molecular complexity index is 779. The van der Waals surface area contributed by atoms with E-state index in [1.165, 1.54) is 18.4 Å². The minimum absolute atomic E-state index is 0.0796. The number of amides is 1. The van der Waals surface area contributed by atoms with Crippen LogP contribution < -0.4 is 10.0 Å². The second-order valence-corrected chi connectivity index (χ2v) is 7.24. The van der Waals surface area contributed by atoms with Crippen LogP contribution >= 0.6 is 0 Å². The molecule has 0 aliphatic carbocycles. The normalized spacial score (nSPS) is 15.4. The summed E-state index contributed by atoms with van der Waals surface area (Å²) in [5.41, 5.74) is 0.488. The summed E-state index contributed by atoms with van der Waals surface area (Å²) in [5, 5.41) is 3.19. The van der Waals surface area contributed by atoms with Crippen molar-refractivity contribution in [1.82, 2.24) is 14.9 Å². The molecule has 0 unspecified atom stereocenters. The Balaban J connectivity index is 1.67. The number of sulfonamides is 1. The van der Waals surface area contributed by atoms with Gasteiger partial charge in [0.05, 0.1) is 17.7 Å². The van der Waals surface area contributed by atoms with E-state index in [-0.39, 0.29) is 17.3 Å². The van der Waals surface area contributed by atoms with Gasteiger partial charge in [0.25, 0.3) is 5.91 Å². The topological polar surface area (TPSA) is 91.6 Å². The van der Waals surface area contributed by atoms with Crippen LogP contribution in [0.1, 0.15) is 16.1 Å². The van der Waals surface area contributed by atoms with Gasteiger partial charge in [-0.2, -0.15) is 0 Å². The van der Waals surface area contributed by atoms with Crippen molar-refractivity contribution in [3.8, 4) is 0 Å². The first-order chi connectivity index (χ1) is 11.6. The lowest BCUT2D eigenvalue weighted by molar-refractivity contribution is 0.0735. The molecule has 0 spiro atoms. The number of furan rings is 1. The maximum absolute atomic E-state index is 12.4. The van der Waals surface area contributed by atoms with Crippen LogP contribution in [0.3, 0.4) is 0 Å². The molecule has 1 amide bonds. The molecule has 1 aliphatic heterocycles. The van der Waals surface area contributed by atoms with Crippen molar-refractivity contribution < 1.29 is 17.6 Å². The van der Waals surface area contributed by atoms with Gasteiger partial charge in [-0.3, -0.25) is 4.79 Å². The Morgan fingerprint density at radius 2 is 1.88 bits per heavy atom. The number of hydrogen-bond donors (Lipinski definition) is 2. The van der Waals surface area contributed by atoms with Crippen molar-refractivity contribution in [2.24, 2.45) is 0 Å². The average Bonchev–Trinajstić information content (AvgIpc) is 3.14. The smallest absolute Gasteiger partial charge is 0.253 e. The maximum Gasteiger partial charge on any atom is 0.253 e. The Labute approximate surface area is 140 Å². The summed E-state index contributed by atoms with van der Waals surface area (Å²) < 4.78 is 32.1.